The Hall–Kier alpha value is 0.0200. The number of rotatable bonds is 2. The first-order chi connectivity index (χ1) is 3.72. The van der Waals surface area contributed by atoms with Crippen LogP contribution in [0.25, 0.3) is 0 Å². The van der Waals surface area contributed by atoms with Crippen LogP contribution in [-0.4, -0.2) is 18.0 Å². The summed E-state index contributed by atoms with van der Waals surface area (Å²) in [4.78, 5) is 4.05. The van der Waals surface area contributed by atoms with Crippen molar-refractivity contribution < 1.29 is 0 Å². The van der Waals surface area contributed by atoms with Gasteiger partial charge in [-0.15, -0.1) is 0 Å². The largest absolute Gasteiger partial charge is 0.296 e. The van der Waals surface area contributed by atoms with E-state index in [2.05, 4.69) is 24.5 Å². The molecule has 1 atom stereocenters. The predicted octanol–water partition coefficient (Wildman–Crippen LogP) is 1.79. The van der Waals surface area contributed by atoms with Gasteiger partial charge in [-0.05, 0) is 13.3 Å². The predicted molar refractivity (Wildman–Crippen MR) is 42.1 cm³/mol. The van der Waals surface area contributed by atoms with Crippen LogP contribution in [0.2, 0.25) is 0 Å². The summed E-state index contributed by atoms with van der Waals surface area (Å²) in [6.45, 7) is 4.13. The number of hydrogen-bond acceptors (Lipinski definition) is 2. The fourth-order valence-electron chi connectivity index (χ4n) is 0.640. The van der Waals surface area contributed by atoms with E-state index in [0.29, 0.717) is 5.25 Å². The van der Waals surface area contributed by atoms with Crippen molar-refractivity contribution in [2.45, 2.75) is 25.5 Å². The van der Waals surface area contributed by atoms with Gasteiger partial charge in [0, 0.05) is 18.0 Å². The first-order valence-electron chi connectivity index (χ1n) is 2.86. The molecule has 0 aromatic carbocycles. The van der Waals surface area contributed by atoms with Crippen LogP contribution in [-0.2, 0) is 0 Å². The van der Waals surface area contributed by atoms with Crippen molar-refractivity contribution in [2.24, 2.45) is 4.99 Å². The summed E-state index contributed by atoms with van der Waals surface area (Å²) in [5.74, 6) is 0. The zero-order valence-electron chi connectivity index (χ0n) is 5.68. The van der Waals surface area contributed by atoms with Crippen molar-refractivity contribution in [1.29, 1.82) is 0 Å². The molecule has 0 rings (SSSR count). The summed E-state index contributed by atoms with van der Waals surface area (Å²) < 4.78 is 0. The van der Waals surface area contributed by atoms with E-state index in [4.69, 9.17) is 0 Å². The van der Waals surface area contributed by atoms with E-state index in [1.807, 2.05) is 14.0 Å². The molecule has 0 aliphatic heterocycles. The first-order valence-corrected chi connectivity index (χ1v) is 3.37. The Bertz CT molecular complexity index is 86.5. The molecule has 2 heteroatoms. The fourth-order valence-corrected chi connectivity index (χ4v) is 0.938. The summed E-state index contributed by atoms with van der Waals surface area (Å²) in [6.07, 6.45) is 1.02. The summed E-state index contributed by atoms with van der Waals surface area (Å²) >= 11 is 4.22. The second-order valence-corrected chi connectivity index (χ2v) is 2.52. The molecule has 0 saturated heterocycles. The number of nitrogens with zero attached hydrogens (tertiary/aromatic N) is 1. The molecule has 0 saturated carbocycles. The van der Waals surface area contributed by atoms with Crippen molar-refractivity contribution in [2.75, 3.05) is 7.05 Å². The van der Waals surface area contributed by atoms with Crippen molar-refractivity contribution in [3.8, 4) is 0 Å². The molecule has 1 nitrogen and oxygen atoms in total. The number of hydrogen-bond donors (Lipinski definition) is 1. The highest BCUT2D eigenvalue weighted by molar-refractivity contribution is 7.81. The highest BCUT2D eigenvalue weighted by Gasteiger charge is 1.99. The maximum absolute atomic E-state index is 4.22. The Morgan fingerprint density at radius 2 is 2.25 bits per heavy atom. The van der Waals surface area contributed by atoms with Gasteiger partial charge in [-0.2, -0.15) is 12.6 Å². The minimum atomic E-state index is 0.324. The Morgan fingerprint density at radius 1 is 1.75 bits per heavy atom. The second-order valence-electron chi connectivity index (χ2n) is 1.74. The van der Waals surface area contributed by atoms with E-state index in [0.717, 1.165) is 6.42 Å². The Balaban J connectivity index is 3.72. The van der Waals surface area contributed by atoms with E-state index in [9.17, 15) is 0 Å². The third-order valence-electron chi connectivity index (χ3n) is 1.13. The molecule has 0 aromatic heterocycles. The molecular formula is C6H13NS. The number of thiol groups is 1. The van der Waals surface area contributed by atoms with E-state index in [1.165, 1.54) is 5.71 Å². The highest BCUT2D eigenvalue weighted by atomic mass is 32.1. The van der Waals surface area contributed by atoms with E-state index in [1.54, 1.807) is 0 Å². The average molecular weight is 131 g/mol. The molecule has 0 amide bonds. The monoisotopic (exact) mass is 131 g/mol. The molecule has 0 bridgehead atoms. The molecule has 0 aliphatic rings. The molecule has 0 N–H and O–H groups in total. The molecule has 0 aromatic rings. The molecular weight excluding hydrogens is 118 g/mol. The van der Waals surface area contributed by atoms with Crippen molar-refractivity contribution >= 4 is 18.3 Å². The van der Waals surface area contributed by atoms with Gasteiger partial charge in [0.25, 0.3) is 0 Å². The van der Waals surface area contributed by atoms with Crippen LogP contribution in [0.4, 0.5) is 0 Å². The zero-order valence-corrected chi connectivity index (χ0v) is 6.57. The maximum atomic E-state index is 4.22. The summed E-state index contributed by atoms with van der Waals surface area (Å²) in [7, 11) is 1.81. The molecule has 0 heterocycles. The maximum Gasteiger partial charge on any atom is 0.0368 e. The van der Waals surface area contributed by atoms with Crippen LogP contribution in [0, 0.1) is 0 Å². The smallest absolute Gasteiger partial charge is 0.0368 e. The van der Waals surface area contributed by atoms with Gasteiger partial charge in [0.15, 0.2) is 0 Å². The van der Waals surface area contributed by atoms with Gasteiger partial charge in [0.2, 0.25) is 0 Å². The quantitative estimate of drug-likeness (QED) is 0.433. The van der Waals surface area contributed by atoms with Crippen molar-refractivity contribution in [3.63, 3.8) is 0 Å². The topological polar surface area (TPSA) is 12.4 Å². The molecule has 8 heavy (non-hydrogen) atoms. The molecule has 0 spiro atoms. The lowest BCUT2D eigenvalue weighted by atomic mass is 10.2. The standard InChI is InChI=1S/C6H13NS/c1-4-6(7-3)5(2)8/h5,8H,4H2,1-3H3/t5-/m1/s1. The second kappa shape index (κ2) is 3.96. The summed E-state index contributed by atoms with van der Waals surface area (Å²) in [5, 5.41) is 0.324. The van der Waals surface area contributed by atoms with Gasteiger partial charge < -0.3 is 0 Å². The van der Waals surface area contributed by atoms with Crippen LogP contribution in [0.1, 0.15) is 20.3 Å². The lowest BCUT2D eigenvalue weighted by Gasteiger charge is -2.03. The Morgan fingerprint density at radius 3 is 2.25 bits per heavy atom. The van der Waals surface area contributed by atoms with E-state index < -0.39 is 0 Å². The third kappa shape index (κ3) is 2.36. The van der Waals surface area contributed by atoms with Crippen LogP contribution >= 0.6 is 12.6 Å². The zero-order chi connectivity index (χ0) is 6.57. The summed E-state index contributed by atoms with van der Waals surface area (Å²) in [5.41, 5.74) is 1.17. The lowest BCUT2D eigenvalue weighted by Crippen LogP contribution is -2.08. The van der Waals surface area contributed by atoms with Gasteiger partial charge in [0.05, 0.1) is 0 Å². The minimum Gasteiger partial charge on any atom is -0.296 e. The molecule has 0 unspecified atom stereocenters. The summed E-state index contributed by atoms with van der Waals surface area (Å²) in [6, 6.07) is 0. The van der Waals surface area contributed by atoms with Gasteiger partial charge in [0.1, 0.15) is 0 Å². The molecule has 0 aliphatic carbocycles. The van der Waals surface area contributed by atoms with Crippen LogP contribution in [0.15, 0.2) is 4.99 Å². The highest BCUT2D eigenvalue weighted by Crippen LogP contribution is 1.99. The van der Waals surface area contributed by atoms with Crippen LogP contribution < -0.4 is 0 Å². The van der Waals surface area contributed by atoms with Gasteiger partial charge >= 0.3 is 0 Å². The van der Waals surface area contributed by atoms with E-state index in [-0.39, 0.29) is 0 Å². The van der Waals surface area contributed by atoms with Gasteiger partial charge in [-0.1, -0.05) is 6.92 Å². The third-order valence-corrected chi connectivity index (χ3v) is 1.43. The average Bonchev–Trinajstić information content (AvgIpc) is 1.69. The normalized spacial score (nSPS) is 16.2. The van der Waals surface area contributed by atoms with Crippen LogP contribution in [0.3, 0.4) is 0 Å². The molecule has 48 valence electrons. The minimum absolute atomic E-state index is 0.324. The number of aliphatic imine (C=N–C) groups is 1. The SMILES string of the molecule is CCC(=NC)[C@@H](C)S. The lowest BCUT2D eigenvalue weighted by molar-refractivity contribution is 1.15. The van der Waals surface area contributed by atoms with Crippen LogP contribution in [0.5, 0.6) is 0 Å². The molecule has 0 fully saturated rings. The Labute approximate surface area is 56.6 Å². The van der Waals surface area contributed by atoms with Gasteiger partial charge in [-0.3, -0.25) is 4.99 Å². The molecule has 0 radical (unpaired) electrons. The first kappa shape index (κ1) is 8.02. The van der Waals surface area contributed by atoms with Gasteiger partial charge in [-0.25, -0.2) is 0 Å². The van der Waals surface area contributed by atoms with Crippen molar-refractivity contribution in [1.82, 2.24) is 0 Å². The fraction of sp³-hybridized carbons (Fsp3) is 0.833. The Kier molecular flexibility index (Phi) is 3.97. The van der Waals surface area contributed by atoms with E-state index >= 15 is 0 Å². The van der Waals surface area contributed by atoms with Crippen molar-refractivity contribution in [3.05, 3.63) is 0 Å².